The van der Waals surface area contributed by atoms with Gasteiger partial charge in [0.1, 0.15) is 4.32 Å². The number of carbonyl (C=O) groups excluding carboxylic acids is 1. The number of thiocarbonyl (C=S) groups is 1. The van der Waals surface area contributed by atoms with E-state index in [2.05, 4.69) is 17.5 Å². The number of thioether (sulfide) groups is 1. The molecule has 1 fully saturated rings. The van der Waals surface area contributed by atoms with Crippen LogP contribution in [0.25, 0.3) is 0 Å². The first-order valence-electron chi connectivity index (χ1n) is 2.39. The number of hydrogen-bond acceptors (Lipinski definition) is 5. The second-order valence-electron chi connectivity index (χ2n) is 1.74. The van der Waals surface area contributed by atoms with Gasteiger partial charge in [0.25, 0.3) is 16.0 Å². The summed E-state index contributed by atoms with van der Waals surface area (Å²) < 4.78 is 27.8. The van der Waals surface area contributed by atoms with Gasteiger partial charge in [-0.2, -0.15) is 8.42 Å². The highest BCUT2D eigenvalue weighted by molar-refractivity contribution is 8.29. The SMILES string of the molecule is O=C1NC(=S)SC1S(=O)(=O)O. The van der Waals surface area contributed by atoms with Gasteiger partial charge in [0.2, 0.25) is 4.58 Å². The standard InChI is InChI=1S/C3H3NO4S3/c5-1-2(11(6,7)8)10-3(9)4-1/h2H,(H,4,5,9)(H,6,7,8). The molecule has 0 aromatic heterocycles. The van der Waals surface area contributed by atoms with Crippen LogP contribution < -0.4 is 5.32 Å². The first-order valence-corrected chi connectivity index (χ1v) is 5.18. The van der Waals surface area contributed by atoms with Gasteiger partial charge in [0.05, 0.1) is 0 Å². The summed E-state index contributed by atoms with van der Waals surface area (Å²) in [7, 11) is -4.32. The topological polar surface area (TPSA) is 83.5 Å². The van der Waals surface area contributed by atoms with Crippen LogP contribution in [0, 0.1) is 0 Å². The van der Waals surface area contributed by atoms with Crippen molar-refractivity contribution >= 4 is 44.3 Å². The third-order valence-electron chi connectivity index (χ3n) is 0.924. The fourth-order valence-electron chi connectivity index (χ4n) is 0.536. The predicted octanol–water partition coefficient (Wildman–Crippen LogP) is -0.652. The Labute approximate surface area is 72.3 Å². The molecule has 1 unspecified atom stereocenters. The zero-order valence-electron chi connectivity index (χ0n) is 4.97. The molecule has 0 radical (unpaired) electrons. The van der Waals surface area contributed by atoms with E-state index in [1.807, 2.05) is 0 Å². The van der Waals surface area contributed by atoms with Crippen LogP contribution in [0.15, 0.2) is 0 Å². The Balaban J connectivity index is 2.94. The van der Waals surface area contributed by atoms with Gasteiger partial charge < -0.3 is 5.32 Å². The summed E-state index contributed by atoms with van der Waals surface area (Å²) >= 11 is 5.11. The number of amides is 1. The monoisotopic (exact) mass is 213 g/mol. The molecule has 2 N–H and O–H groups in total. The van der Waals surface area contributed by atoms with Crippen molar-refractivity contribution in [3.63, 3.8) is 0 Å². The van der Waals surface area contributed by atoms with Crippen molar-refractivity contribution in [1.29, 1.82) is 0 Å². The van der Waals surface area contributed by atoms with Gasteiger partial charge in [-0.3, -0.25) is 9.35 Å². The minimum absolute atomic E-state index is 0.0672. The smallest absolute Gasteiger partial charge is 0.287 e. The Bertz CT molecular complexity index is 307. The van der Waals surface area contributed by atoms with Crippen molar-refractivity contribution in [2.45, 2.75) is 4.58 Å². The van der Waals surface area contributed by atoms with Gasteiger partial charge in [-0.05, 0) is 0 Å². The van der Waals surface area contributed by atoms with Crippen LogP contribution in [0.2, 0.25) is 0 Å². The van der Waals surface area contributed by atoms with E-state index in [1.165, 1.54) is 0 Å². The minimum Gasteiger partial charge on any atom is -0.310 e. The summed E-state index contributed by atoms with van der Waals surface area (Å²) in [4.78, 5) is 10.7. The maximum absolute atomic E-state index is 10.7. The molecule has 8 heteroatoms. The third kappa shape index (κ3) is 1.89. The van der Waals surface area contributed by atoms with Crippen LogP contribution in [0.3, 0.4) is 0 Å². The summed E-state index contributed by atoms with van der Waals surface area (Å²) in [6, 6.07) is 0. The number of carbonyl (C=O) groups is 1. The molecule has 0 bridgehead atoms. The van der Waals surface area contributed by atoms with Crippen molar-refractivity contribution in [3.05, 3.63) is 0 Å². The second kappa shape index (κ2) is 2.70. The molecule has 1 rings (SSSR count). The van der Waals surface area contributed by atoms with E-state index in [9.17, 15) is 13.2 Å². The van der Waals surface area contributed by atoms with E-state index < -0.39 is 20.6 Å². The molecule has 1 saturated heterocycles. The third-order valence-corrected chi connectivity index (χ3v) is 3.83. The highest BCUT2D eigenvalue weighted by atomic mass is 32.3. The van der Waals surface area contributed by atoms with Gasteiger partial charge in [-0.1, -0.05) is 24.0 Å². The lowest BCUT2D eigenvalue weighted by Gasteiger charge is -1.97. The largest absolute Gasteiger partial charge is 0.310 e. The van der Waals surface area contributed by atoms with E-state index in [0.29, 0.717) is 11.8 Å². The molecule has 62 valence electrons. The Morgan fingerprint density at radius 2 is 2.18 bits per heavy atom. The Hall–Kier alpha value is -0.180. The maximum Gasteiger partial charge on any atom is 0.287 e. The first-order chi connectivity index (χ1) is 4.91. The van der Waals surface area contributed by atoms with Gasteiger partial charge in [-0.15, -0.1) is 0 Å². The fourth-order valence-corrected chi connectivity index (χ4v) is 2.73. The highest BCUT2D eigenvalue weighted by Crippen LogP contribution is 2.22. The zero-order valence-corrected chi connectivity index (χ0v) is 7.42. The molecule has 11 heavy (non-hydrogen) atoms. The molecule has 0 aliphatic carbocycles. The molecule has 1 aliphatic heterocycles. The first kappa shape index (κ1) is 8.91. The summed E-state index contributed by atoms with van der Waals surface area (Å²) in [6.07, 6.45) is 0. The lowest BCUT2D eigenvalue weighted by Crippen LogP contribution is -2.29. The number of nitrogens with one attached hydrogen (secondary N) is 1. The van der Waals surface area contributed by atoms with Gasteiger partial charge in [0.15, 0.2) is 0 Å². The maximum atomic E-state index is 10.7. The molecule has 0 spiro atoms. The molecule has 0 aromatic carbocycles. The normalized spacial score (nSPS) is 25.4. The van der Waals surface area contributed by atoms with Crippen LogP contribution in [-0.4, -0.2) is 27.8 Å². The van der Waals surface area contributed by atoms with Crippen molar-refractivity contribution in [3.8, 4) is 0 Å². The van der Waals surface area contributed by atoms with E-state index >= 15 is 0 Å². The Morgan fingerprint density at radius 3 is 2.36 bits per heavy atom. The van der Waals surface area contributed by atoms with Gasteiger partial charge in [0, 0.05) is 0 Å². The predicted molar refractivity (Wildman–Crippen MR) is 43.7 cm³/mol. The van der Waals surface area contributed by atoms with E-state index in [1.54, 1.807) is 0 Å². The van der Waals surface area contributed by atoms with Crippen LogP contribution in [0.5, 0.6) is 0 Å². The van der Waals surface area contributed by atoms with E-state index in [0.717, 1.165) is 0 Å². The average Bonchev–Trinajstić information content (AvgIpc) is 2.08. The van der Waals surface area contributed by atoms with Crippen LogP contribution in [0.4, 0.5) is 0 Å². The average molecular weight is 213 g/mol. The summed E-state index contributed by atoms with van der Waals surface area (Å²) in [5, 5.41) is 2.09. The van der Waals surface area contributed by atoms with E-state index in [4.69, 9.17) is 4.55 Å². The lowest BCUT2D eigenvalue weighted by molar-refractivity contribution is -0.117. The van der Waals surface area contributed by atoms with Crippen molar-refractivity contribution in [2.24, 2.45) is 0 Å². The molecule has 1 aliphatic rings. The van der Waals surface area contributed by atoms with Crippen LogP contribution in [-0.2, 0) is 14.9 Å². The Kier molecular flexibility index (Phi) is 2.19. The van der Waals surface area contributed by atoms with Crippen LogP contribution in [0.1, 0.15) is 0 Å². The molecule has 1 amide bonds. The number of rotatable bonds is 1. The van der Waals surface area contributed by atoms with Crippen molar-refractivity contribution in [1.82, 2.24) is 5.32 Å². The molecule has 0 aromatic rings. The molecular weight excluding hydrogens is 210 g/mol. The second-order valence-corrected chi connectivity index (χ2v) is 5.32. The molecular formula is C3H3NO4S3. The quantitative estimate of drug-likeness (QED) is 0.445. The number of hydrogen-bond donors (Lipinski definition) is 2. The molecule has 1 atom stereocenters. The van der Waals surface area contributed by atoms with E-state index in [-0.39, 0.29) is 4.32 Å². The Morgan fingerprint density at radius 1 is 1.64 bits per heavy atom. The van der Waals surface area contributed by atoms with Crippen LogP contribution >= 0.6 is 24.0 Å². The van der Waals surface area contributed by atoms with Gasteiger partial charge >= 0.3 is 0 Å². The summed E-state index contributed by atoms with van der Waals surface area (Å²) in [6.45, 7) is 0. The van der Waals surface area contributed by atoms with Crippen molar-refractivity contribution in [2.75, 3.05) is 0 Å². The van der Waals surface area contributed by atoms with Crippen molar-refractivity contribution < 1.29 is 17.8 Å². The molecule has 5 nitrogen and oxygen atoms in total. The molecule has 1 heterocycles. The molecule has 0 saturated carbocycles. The fraction of sp³-hybridized carbons (Fsp3) is 0.333. The van der Waals surface area contributed by atoms with Gasteiger partial charge in [-0.25, -0.2) is 0 Å². The zero-order chi connectivity index (χ0) is 8.65. The summed E-state index contributed by atoms with van der Waals surface area (Å²) in [5.41, 5.74) is 0. The highest BCUT2D eigenvalue weighted by Gasteiger charge is 2.38. The summed E-state index contributed by atoms with van der Waals surface area (Å²) in [5.74, 6) is -0.789. The minimum atomic E-state index is -4.32. The lowest BCUT2D eigenvalue weighted by atomic mass is 10.7.